The average Bonchev–Trinajstić information content (AvgIpc) is 2.43. The van der Waals surface area contributed by atoms with Crippen molar-refractivity contribution < 1.29 is 13.2 Å². The molecule has 2 aromatic rings. The molecule has 0 aliphatic rings. The zero-order chi connectivity index (χ0) is 14.9. The van der Waals surface area contributed by atoms with Crippen LogP contribution < -0.4 is 5.32 Å². The van der Waals surface area contributed by atoms with Crippen LogP contribution in [0.2, 0.25) is 0 Å². The van der Waals surface area contributed by atoms with Gasteiger partial charge in [-0.2, -0.15) is 0 Å². The van der Waals surface area contributed by atoms with E-state index in [1.54, 1.807) is 20.0 Å². The Hall–Kier alpha value is -1.81. The van der Waals surface area contributed by atoms with Crippen molar-refractivity contribution in [2.75, 3.05) is 7.05 Å². The summed E-state index contributed by atoms with van der Waals surface area (Å²) in [4.78, 5) is 0. The van der Waals surface area contributed by atoms with Gasteiger partial charge in [-0.05, 0) is 55.8 Å². The first-order valence-corrected chi connectivity index (χ1v) is 6.37. The molecular formula is C16H16F3N. The summed E-state index contributed by atoms with van der Waals surface area (Å²) >= 11 is 0. The molecule has 1 unspecified atom stereocenters. The molecule has 0 aliphatic carbocycles. The van der Waals surface area contributed by atoms with Gasteiger partial charge in [-0.3, -0.25) is 0 Å². The second-order valence-electron chi connectivity index (χ2n) is 4.80. The molecule has 0 saturated heterocycles. The van der Waals surface area contributed by atoms with Crippen LogP contribution in [0.25, 0.3) is 11.1 Å². The smallest absolute Gasteiger partial charge is 0.136 e. The van der Waals surface area contributed by atoms with Crippen molar-refractivity contribution in [3.05, 3.63) is 58.9 Å². The van der Waals surface area contributed by atoms with Crippen molar-refractivity contribution in [3.63, 3.8) is 0 Å². The summed E-state index contributed by atoms with van der Waals surface area (Å²) in [6.07, 6.45) is 0. The zero-order valence-electron chi connectivity index (χ0n) is 11.6. The summed E-state index contributed by atoms with van der Waals surface area (Å²) in [5.41, 5.74) is 1.04. The van der Waals surface area contributed by atoms with Gasteiger partial charge in [0, 0.05) is 6.04 Å². The van der Waals surface area contributed by atoms with Crippen LogP contribution in [0, 0.1) is 24.4 Å². The maximum Gasteiger partial charge on any atom is 0.136 e. The van der Waals surface area contributed by atoms with E-state index in [9.17, 15) is 13.2 Å². The molecule has 0 amide bonds. The van der Waals surface area contributed by atoms with Crippen molar-refractivity contribution in [2.24, 2.45) is 0 Å². The molecule has 0 bridgehead atoms. The lowest BCUT2D eigenvalue weighted by Crippen LogP contribution is -2.14. The first kappa shape index (κ1) is 14.6. The Bertz CT molecular complexity index is 638. The molecule has 0 spiro atoms. The standard InChI is InChI=1S/C16H16F3N/c1-9-4-7-14(18)15(16(9)19)13-8-11(17)5-6-12(13)10(2)20-3/h4-8,10,20H,1-3H3. The van der Waals surface area contributed by atoms with Gasteiger partial charge in [0.05, 0.1) is 5.56 Å². The van der Waals surface area contributed by atoms with Crippen LogP contribution in [0.5, 0.6) is 0 Å². The van der Waals surface area contributed by atoms with Crippen LogP contribution in [0.3, 0.4) is 0 Å². The number of benzene rings is 2. The predicted octanol–water partition coefficient (Wildman–Crippen LogP) is 4.36. The van der Waals surface area contributed by atoms with Crippen molar-refractivity contribution >= 4 is 0 Å². The van der Waals surface area contributed by atoms with Crippen LogP contribution in [0.15, 0.2) is 30.3 Å². The highest BCUT2D eigenvalue weighted by atomic mass is 19.1. The highest BCUT2D eigenvalue weighted by molar-refractivity contribution is 5.70. The van der Waals surface area contributed by atoms with Gasteiger partial charge in [0.1, 0.15) is 17.5 Å². The molecule has 0 radical (unpaired) electrons. The SMILES string of the molecule is CNC(C)c1ccc(F)cc1-c1c(F)ccc(C)c1F. The van der Waals surface area contributed by atoms with Gasteiger partial charge >= 0.3 is 0 Å². The Morgan fingerprint density at radius 1 is 1.05 bits per heavy atom. The summed E-state index contributed by atoms with van der Waals surface area (Å²) in [5.74, 6) is -1.87. The Labute approximate surface area is 116 Å². The molecule has 1 N–H and O–H groups in total. The molecule has 0 heterocycles. The summed E-state index contributed by atoms with van der Waals surface area (Å²) in [6, 6.07) is 6.43. The minimum atomic E-state index is -0.691. The number of halogens is 3. The Morgan fingerprint density at radius 2 is 1.75 bits per heavy atom. The predicted molar refractivity (Wildman–Crippen MR) is 74.0 cm³/mol. The molecule has 1 atom stereocenters. The van der Waals surface area contributed by atoms with E-state index in [4.69, 9.17) is 0 Å². The lowest BCUT2D eigenvalue weighted by molar-refractivity contribution is 0.580. The largest absolute Gasteiger partial charge is 0.313 e. The second kappa shape index (κ2) is 5.67. The number of hydrogen-bond acceptors (Lipinski definition) is 1. The van der Waals surface area contributed by atoms with Gasteiger partial charge in [-0.25, -0.2) is 13.2 Å². The van der Waals surface area contributed by atoms with Crippen molar-refractivity contribution in [3.8, 4) is 11.1 Å². The van der Waals surface area contributed by atoms with Crippen molar-refractivity contribution in [1.82, 2.24) is 5.32 Å². The van der Waals surface area contributed by atoms with Crippen molar-refractivity contribution in [2.45, 2.75) is 19.9 Å². The number of rotatable bonds is 3. The third kappa shape index (κ3) is 2.56. The normalized spacial score (nSPS) is 12.5. The molecule has 2 aromatic carbocycles. The molecule has 0 saturated carbocycles. The molecule has 2 rings (SSSR count). The quantitative estimate of drug-likeness (QED) is 0.880. The van der Waals surface area contributed by atoms with Gasteiger partial charge in [-0.15, -0.1) is 0 Å². The number of aryl methyl sites for hydroxylation is 1. The lowest BCUT2D eigenvalue weighted by Gasteiger charge is -2.17. The molecule has 0 fully saturated rings. The molecule has 0 aliphatic heterocycles. The van der Waals surface area contributed by atoms with Gasteiger partial charge in [-0.1, -0.05) is 12.1 Å². The van der Waals surface area contributed by atoms with Crippen LogP contribution in [0.4, 0.5) is 13.2 Å². The minimum absolute atomic E-state index is 0.148. The van der Waals surface area contributed by atoms with E-state index in [-0.39, 0.29) is 17.2 Å². The lowest BCUT2D eigenvalue weighted by atomic mass is 9.93. The first-order valence-electron chi connectivity index (χ1n) is 6.37. The fraction of sp³-hybridized carbons (Fsp3) is 0.250. The Kier molecular flexibility index (Phi) is 4.14. The van der Waals surface area contributed by atoms with Gasteiger partial charge in [0.2, 0.25) is 0 Å². The highest BCUT2D eigenvalue weighted by Crippen LogP contribution is 2.33. The molecule has 20 heavy (non-hydrogen) atoms. The van der Waals surface area contributed by atoms with E-state index in [1.807, 2.05) is 6.92 Å². The van der Waals surface area contributed by atoms with E-state index >= 15 is 0 Å². The van der Waals surface area contributed by atoms with Crippen LogP contribution in [-0.4, -0.2) is 7.05 Å². The fourth-order valence-corrected chi connectivity index (χ4v) is 2.18. The first-order chi connectivity index (χ1) is 9.45. The zero-order valence-corrected chi connectivity index (χ0v) is 11.6. The minimum Gasteiger partial charge on any atom is -0.313 e. The third-order valence-electron chi connectivity index (χ3n) is 3.47. The molecule has 1 nitrogen and oxygen atoms in total. The average molecular weight is 279 g/mol. The second-order valence-corrected chi connectivity index (χ2v) is 4.80. The van der Waals surface area contributed by atoms with Crippen LogP contribution in [0.1, 0.15) is 24.1 Å². The molecule has 0 aromatic heterocycles. The summed E-state index contributed by atoms with van der Waals surface area (Å²) in [7, 11) is 1.74. The van der Waals surface area contributed by atoms with Crippen LogP contribution in [-0.2, 0) is 0 Å². The van der Waals surface area contributed by atoms with E-state index < -0.39 is 17.5 Å². The Balaban J connectivity index is 2.75. The monoisotopic (exact) mass is 279 g/mol. The highest BCUT2D eigenvalue weighted by Gasteiger charge is 2.19. The molecule has 106 valence electrons. The topological polar surface area (TPSA) is 12.0 Å². The third-order valence-corrected chi connectivity index (χ3v) is 3.47. The molecule has 4 heteroatoms. The van der Waals surface area contributed by atoms with E-state index in [0.29, 0.717) is 11.1 Å². The van der Waals surface area contributed by atoms with Crippen LogP contribution >= 0.6 is 0 Å². The number of hydrogen-bond donors (Lipinski definition) is 1. The van der Waals surface area contributed by atoms with E-state index in [0.717, 1.165) is 0 Å². The van der Waals surface area contributed by atoms with Gasteiger partial charge in [0.25, 0.3) is 0 Å². The number of nitrogens with one attached hydrogen (secondary N) is 1. The van der Waals surface area contributed by atoms with E-state index in [1.165, 1.54) is 24.3 Å². The summed E-state index contributed by atoms with van der Waals surface area (Å²) in [5, 5.41) is 3.00. The molecular weight excluding hydrogens is 263 g/mol. The summed E-state index contributed by atoms with van der Waals surface area (Å²) in [6.45, 7) is 3.40. The summed E-state index contributed by atoms with van der Waals surface area (Å²) < 4.78 is 41.8. The van der Waals surface area contributed by atoms with Crippen molar-refractivity contribution in [1.29, 1.82) is 0 Å². The van der Waals surface area contributed by atoms with Gasteiger partial charge < -0.3 is 5.32 Å². The Morgan fingerprint density at radius 3 is 2.40 bits per heavy atom. The van der Waals surface area contributed by atoms with E-state index in [2.05, 4.69) is 5.32 Å². The van der Waals surface area contributed by atoms with Gasteiger partial charge in [0.15, 0.2) is 0 Å². The maximum absolute atomic E-state index is 14.2. The maximum atomic E-state index is 14.2. The fourth-order valence-electron chi connectivity index (χ4n) is 2.18.